The zero-order chi connectivity index (χ0) is 11.5. The van der Waals surface area contributed by atoms with Crippen LogP contribution in [0.4, 0.5) is 0 Å². The van der Waals surface area contributed by atoms with Gasteiger partial charge in [-0.2, -0.15) is 0 Å². The van der Waals surface area contributed by atoms with Gasteiger partial charge in [0, 0.05) is 11.8 Å². The van der Waals surface area contributed by atoms with Gasteiger partial charge in [-0.25, -0.2) is 0 Å². The topological polar surface area (TPSA) is 12.9 Å². The summed E-state index contributed by atoms with van der Waals surface area (Å²) in [6, 6.07) is 12.7. The Morgan fingerprint density at radius 3 is 2.31 bits per heavy atom. The van der Waals surface area contributed by atoms with Gasteiger partial charge in [-0.05, 0) is 24.5 Å². The van der Waals surface area contributed by atoms with Crippen LogP contribution in [0.5, 0.6) is 0 Å². The fourth-order valence-electron chi connectivity index (χ4n) is 1.84. The lowest BCUT2D eigenvalue weighted by Crippen LogP contribution is -1.94. The maximum absolute atomic E-state index is 4.50. The molecular formula is C15H17N. The first-order valence-electron chi connectivity index (χ1n) is 5.70. The molecule has 0 radical (unpaired) electrons. The van der Waals surface area contributed by atoms with Gasteiger partial charge in [0.05, 0.1) is 5.69 Å². The number of rotatable bonds is 2. The van der Waals surface area contributed by atoms with Crippen LogP contribution in [-0.2, 0) is 0 Å². The first-order valence-corrected chi connectivity index (χ1v) is 5.70. The van der Waals surface area contributed by atoms with Crippen LogP contribution in [0.1, 0.15) is 30.9 Å². The zero-order valence-corrected chi connectivity index (χ0v) is 10.1. The van der Waals surface area contributed by atoms with Gasteiger partial charge < -0.3 is 0 Å². The van der Waals surface area contributed by atoms with Crippen LogP contribution < -0.4 is 0 Å². The Kier molecular flexibility index (Phi) is 3.04. The van der Waals surface area contributed by atoms with Crippen molar-refractivity contribution in [2.24, 2.45) is 0 Å². The largest absolute Gasteiger partial charge is 0.256 e. The van der Waals surface area contributed by atoms with Crippen molar-refractivity contribution < 1.29 is 0 Å². The molecule has 0 atom stereocenters. The van der Waals surface area contributed by atoms with E-state index in [2.05, 4.69) is 56.1 Å². The summed E-state index contributed by atoms with van der Waals surface area (Å²) in [5.74, 6) is 0.505. The Bertz CT molecular complexity index is 469. The number of aryl methyl sites for hydroxylation is 1. The average molecular weight is 211 g/mol. The van der Waals surface area contributed by atoms with E-state index in [0.29, 0.717) is 5.92 Å². The Morgan fingerprint density at radius 2 is 1.69 bits per heavy atom. The highest BCUT2D eigenvalue weighted by Crippen LogP contribution is 2.26. The molecule has 1 heterocycles. The summed E-state index contributed by atoms with van der Waals surface area (Å²) in [5, 5.41) is 0. The fraction of sp³-hybridized carbons (Fsp3) is 0.267. The van der Waals surface area contributed by atoms with E-state index in [0.717, 1.165) is 5.69 Å². The first kappa shape index (κ1) is 10.9. The van der Waals surface area contributed by atoms with Crippen LogP contribution >= 0.6 is 0 Å². The standard InChI is InChI=1S/C15H17N/c1-11(2)14-5-4-10-16-15(14)13-8-6-12(3)7-9-13/h4-11H,1-3H3. The number of hydrogen-bond acceptors (Lipinski definition) is 1. The van der Waals surface area contributed by atoms with Crippen molar-refractivity contribution in [1.82, 2.24) is 4.98 Å². The van der Waals surface area contributed by atoms with Gasteiger partial charge in [0.15, 0.2) is 0 Å². The Balaban J connectivity index is 2.51. The molecule has 0 saturated heterocycles. The van der Waals surface area contributed by atoms with E-state index in [-0.39, 0.29) is 0 Å². The number of hydrogen-bond donors (Lipinski definition) is 0. The molecule has 0 N–H and O–H groups in total. The van der Waals surface area contributed by atoms with Crippen LogP contribution in [0.3, 0.4) is 0 Å². The maximum Gasteiger partial charge on any atom is 0.0736 e. The van der Waals surface area contributed by atoms with Crippen molar-refractivity contribution in [3.8, 4) is 11.3 Å². The minimum Gasteiger partial charge on any atom is -0.256 e. The molecule has 0 unspecified atom stereocenters. The first-order chi connectivity index (χ1) is 7.68. The van der Waals surface area contributed by atoms with Crippen LogP contribution in [0.2, 0.25) is 0 Å². The highest BCUT2D eigenvalue weighted by atomic mass is 14.7. The van der Waals surface area contributed by atoms with Crippen LogP contribution in [0.25, 0.3) is 11.3 Å². The van der Waals surface area contributed by atoms with E-state index < -0.39 is 0 Å². The molecule has 0 aliphatic rings. The second-order valence-electron chi connectivity index (χ2n) is 4.46. The van der Waals surface area contributed by atoms with Gasteiger partial charge in [-0.1, -0.05) is 49.7 Å². The van der Waals surface area contributed by atoms with Crippen molar-refractivity contribution >= 4 is 0 Å². The molecule has 0 aliphatic heterocycles. The monoisotopic (exact) mass is 211 g/mol. The van der Waals surface area contributed by atoms with Crippen molar-refractivity contribution in [3.05, 3.63) is 53.7 Å². The Morgan fingerprint density at radius 1 is 1.00 bits per heavy atom. The van der Waals surface area contributed by atoms with Crippen molar-refractivity contribution in [2.75, 3.05) is 0 Å². The normalized spacial score (nSPS) is 10.8. The fourth-order valence-corrected chi connectivity index (χ4v) is 1.84. The molecule has 1 aromatic carbocycles. The van der Waals surface area contributed by atoms with Gasteiger partial charge in [-0.3, -0.25) is 4.98 Å². The molecule has 0 aliphatic carbocycles. The second kappa shape index (κ2) is 4.48. The average Bonchev–Trinajstić information content (AvgIpc) is 2.30. The van der Waals surface area contributed by atoms with Crippen LogP contribution in [0, 0.1) is 6.92 Å². The lowest BCUT2D eigenvalue weighted by atomic mass is 9.97. The van der Waals surface area contributed by atoms with Gasteiger partial charge in [0.2, 0.25) is 0 Å². The molecule has 0 amide bonds. The van der Waals surface area contributed by atoms with E-state index in [1.165, 1.54) is 16.7 Å². The minimum atomic E-state index is 0.505. The van der Waals surface area contributed by atoms with E-state index >= 15 is 0 Å². The predicted octanol–water partition coefficient (Wildman–Crippen LogP) is 4.18. The summed E-state index contributed by atoms with van der Waals surface area (Å²) in [4.78, 5) is 4.50. The molecule has 0 fully saturated rings. The third kappa shape index (κ3) is 2.13. The Hall–Kier alpha value is -1.63. The zero-order valence-electron chi connectivity index (χ0n) is 10.1. The molecule has 82 valence electrons. The molecule has 1 heteroatoms. The molecule has 2 aromatic rings. The lowest BCUT2D eigenvalue weighted by Gasteiger charge is -2.11. The second-order valence-corrected chi connectivity index (χ2v) is 4.46. The summed E-state index contributed by atoms with van der Waals surface area (Å²) >= 11 is 0. The van der Waals surface area contributed by atoms with E-state index in [1.54, 1.807) is 0 Å². The van der Waals surface area contributed by atoms with E-state index in [1.807, 2.05) is 12.3 Å². The van der Waals surface area contributed by atoms with Gasteiger partial charge in [0.25, 0.3) is 0 Å². The van der Waals surface area contributed by atoms with Crippen molar-refractivity contribution in [3.63, 3.8) is 0 Å². The van der Waals surface area contributed by atoms with Gasteiger partial charge in [-0.15, -0.1) is 0 Å². The number of aromatic nitrogens is 1. The third-order valence-corrected chi connectivity index (χ3v) is 2.79. The molecule has 0 bridgehead atoms. The highest BCUT2D eigenvalue weighted by Gasteiger charge is 2.08. The third-order valence-electron chi connectivity index (χ3n) is 2.79. The molecular weight excluding hydrogens is 194 g/mol. The molecule has 16 heavy (non-hydrogen) atoms. The van der Waals surface area contributed by atoms with Gasteiger partial charge in [0.1, 0.15) is 0 Å². The summed E-state index contributed by atoms with van der Waals surface area (Å²) in [7, 11) is 0. The lowest BCUT2D eigenvalue weighted by molar-refractivity contribution is 0.861. The van der Waals surface area contributed by atoms with E-state index in [9.17, 15) is 0 Å². The smallest absolute Gasteiger partial charge is 0.0736 e. The van der Waals surface area contributed by atoms with Gasteiger partial charge >= 0.3 is 0 Å². The number of pyridine rings is 1. The Labute approximate surface area is 97.2 Å². The van der Waals surface area contributed by atoms with Crippen molar-refractivity contribution in [1.29, 1.82) is 0 Å². The molecule has 1 nitrogen and oxygen atoms in total. The van der Waals surface area contributed by atoms with Crippen molar-refractivity contribution in [2.45, 2.75) is 26.7 Å². The summed E-state index contributed by atoms with van der Waals surface area (Å²) < 4.78 is 0. The molecule has 2 rings (SSSR count). The maximum atomic E-state index is 4.50. The molecule has 1 aromatic heterocycles. The quantitative estimate of drug-likeness (QED) is 0.726. The highest BCUT2D eigenvalue weighted by molar-refractivity contribution is 5.63. The summed E-state index contributed by atoms with van der Waals surface area (Å²) in [6.45, 7) is 6.51. The number of benzene rings is 1. The van der Waals surface area contributed by atoms with Crippen LogP contribution in [-0.4, -0.2) is 4.98 Å². The minimum absolute atomic E-state index is 0.505. The summed E-state index contributed by atoms with van der Waals surface area (Å²) in [6.07, 6.45) is 1.86. The van der Waals surface area contributed by atoms with E-state index in [4.69, 9.17) is 0 Å². The SMILES string of the molecule is Cc1ccc(-c2ncccc2C(C)C)cc1. The summed E-state index contributed by atoms with van der Waals surface area (Å²) in [5.41, 5.74) is 4.91. The molecule has 0 saturated carbocycles. The number of nitrogens with zero attached hydrogens (tertiary/aromatic N) is 1. The predicted molar refractivity (Wildman–Crippen MR) is 68.5 cm³/mol. The molecule has 0 spiro atoms. The van der Waals surface area contributed by atoms with Crippen LogP contribution in [0.15, 0.2) is 42.6 Å².